The summed E-state index contributed by atoms with van der Waals surface area (Å²) in [5.74, 6) is 0. The third-order valence-corrected chi connectivity index (χ3v) is 7.20. The molecule has 3 heteroatoms. The summed E-state index contributed by atoms with van der Waals surface area (Å²) in [6, 6.07) is 0. The second kappa shape index (κ2) is 18.7. The van der Waals surface area contributed by atoms with Gasteiger partial charge in [-0.2, -0.15) is 0 Å². The first kappa shape index (κ1) is 28.2. The van der Waals surface area contributed by atoms with Crippen LogP contribution in [0.15, 0.2) is 24.6 Å². The molecule has 1 aliphatic rings. The number of rotatable bonds is 21. The van der Waals surface area contributed by atoms with Crippen molar-refractivity contribution in [2.75, 3.05) is 6.54 Å². The zero-order chi connectivity index (χ0) is 22.6. The molecular formula is C28H55N2O+. The summed E-state index contributed by atoms with van der Waals surface area (Å²) in [6.07, 6.45) is 33.5. The first-order valence-corrected chi connectivity index (χ1v) is 13.8. The van der Waals surface area contributed by atoms with Gasteiger partial charge < -0.3 is 10.4 Å². The largest absolute Gasteiger partial charge is 0.345 e. The van der Waals surface area contributed by atoms with E-state index in [9.17, 15) is 5.11 Å². The van der Waals surface area contributed by atoms with Crippen LogP contribution in [0.25, 0.3) is 0 Å². The van der Waals surface area contributed by atoms with Crippen molar-refractivity contribution in [3.63, 3.8) is 0 Å². The molecule has 0 saturated carbocycles. The summed E-state index contributed by atoms with van der Waals surface area (Å²) < 4.78 is 0.670. The van der Waals surface area contributed by atoms with Crippen LogP contribution in [0.5, 0.6) is 0 Å². The van der Waals surface area contributed by atoms with Crippen LogP contribution in [-0.2, 0) is 0 Å². The summed E-state index contributed by atoms with van der Waals surface area (Å²) in [6.45, 7) is 7.31. The summed E-state index contributed by atoms with van der Waals surface area (Å²) in [7, 11) is 0. The summed E-state index contributed by atoms with van der Waals surface area (Å²) in [5, 5.41) is 13.7. The van der Waals surface area contributed by atoms with Gasteiger partial charge in [0.15, 0.2) is 12.4 Å². The molecule has 31 heavy (non-hydrogen) atoms. The van der Waals surface area contributed by atoms with E-state index >= 15 is 0 Å². The smallest absolute Gasteiger partial charge is 0.193 e. The molecule has 3 atom stereocenters. The number of quaternary nitrogens is 1. The van der Waals surface area contributed by atoms with Gasteiger partial charge in [0.2, 0.25) is 0 Å². The van der Waals surface area contributed by atoms with Gasteiger partial charge >= 0.3 is 0 Å². The molecule has 0 bridgehead atoms. The maximum Gasteiger partial charge on any atom is 0.193 e. The van der Waals surface area contributed by atoms with Crippen LogP contribution in [0.4, 0.5) is 0 Å². The normalized spacial score (nSPS) is 21.7. The van der Waals surface area contributed by atoms with Crippen molar-refractivity contribution in [3.05, 3.63) is 24.6 Å². The van der Waals surface area contributed by atoms with Gasteiger partial charge in [0.1, 0.15) is 6.20 Å². The van der Waals surface area contributed by atoms with E-state index in [-0.39, 0.29) is 6.23 Å². The van der Waals surface area contributed by atoms with Crippen LogP contribution in [0, 0.1) is 0 Å². The Morgan fingerprint density at radius 2 is 1.26 bits per heavy atom. The fourth-order valence-corrected chi connectivity index (χ4v) is 4.95. The predicted octanol–water partition coefficient (Wildman–Crippen LogP) is 8.16. The van der Waals surface area contributed by atoms with Gasteiger partial charge in [-0.1, -0.05) is 96.1 Å². The Morgan fingerprint density at radius 1 is 0.774 bits per heavy atom. The molecule has 0 aromatic carbocycles. The summed E-state index contributed by atoms with van der Waals surface area (Å²) >= 11 is 0. The van der Waals surface area contributed by atoms with Crippen LogP contribution in [-0.4, -0.2) is 28.5 Å². The summed E-state index contributed by atoms with van der Waals surface area (Å²) in [5.41, 5.74) is 0. The molecule has 1 rings (SSSR count). The number of nitrogens with zero attached hydrogens (tertiary/aromatic N) is 1. The lowest BCUT2D eigenvalue weighted by molar-refractivity contribution is -0.942. The highest BCUT2D eigenvalue weighted by Gasteiger charge is 2.40. The molecule has 3 nitrogen and oxygen atoms in total. The van der Waals surface area contributed by atoms with Gasteiger partial charge in [0, 0.05) is 13.3 Å². The summed E-state index contributed by atoms with van der Waals surface area (Å²) in [4.78, 5) is 0. The minimum absolute atomic E-state index is 0.339. The van der Waals surface area contributed by atoms with Gasteiger partial charge in [-0.15, -0.1) is 0 Å². The molecule has 0 fully saturated rings. The molecule has 0 radical (unpaired) electrons. The fourth-order valence-electron chi connectivity index (χ4n) is 4.95. The van der Waals surface area contributed by atoms with Crippen LogP contribution in [0.2, 0.25) is 0 Å². The molecule has 0 spiro atoms. The minimum atomic E-state index is -0.339. The minimum Gasteiger partial charge on any atom is -0.345 e. The molecule has 3 unspecified atom stereocenters. The monoisotopic (exact) mass is 435 g/mol. The van der Waals surface area contributed by atoms with E-state index in [1.165, 1.54) is 109 Å². The molecule has 1 aliphatic heterocycles. The Morgan fingerprint density at radius 3 is 1.74 bits per heavy atom. The molecule has 1 heterocycles. The Bertz CT molecular complexity index is 460. The van der Waals surface area contributed by atoms with E-state index in [0.29, 0.717) is 10.6 Å². The highest BCUT2D eigenvalue weighted by Crippen LogP contribution is 2.25. The van der Waals surface area contributed by atoms with Gasteiger partial charge in [-0.3, -0.25) is 4.48 Å². The molecule has 182 valence electrons. The Balaban J connectivity index is 1.86. The van der Waals surface area contributed by atoms with Crippen molar-refractivity contribution in [3.8, 4) is 0 Å². The average Bonchev–Trinajstić information content (AvgIpc) is 3.19. The van der Waals surface area contributed by atoms with Crippen molar-refractivity contribution >= 4 is 0 Å². The van der Waals surface area contributed by atoms with Gasteiger partial charge in [-0.25, -0.2) is 0 Å². The van der Waals surface area contributed by atoms with Crippen LogP contribution in [0.1, 0.15) is 136 Å². The number of hydrogen-bond acceptors (Lipinski definition) is 2. The number of allylic oxidation sites excluding steroid dienone is 2. The van der Waals surface area contributed by atoms with Crippen molar-refractivity contribution in [2.45, 2.75) is 149 Å². The van der Waals surface area contributed by atoms with Crippen LogP contribution < -0.4 is 5.32 Å². The molecule has 0 aliphatic carbocycles. The lowest BCUT2D eigenvalue weighted by atomic mass is 10.1. The van der Waals surface area contributed by atoms with Crippen molar-refractivity contribution in [2.24, 2.45) is 0 Å². The van der Waals surface area contributed by atoms with E-state index in [1.54, 1.807) is 0 Å². The highest BCUT2D eigenvalue weighted by atomic mass is 16.3. The number of unbranched alkanes of at least 4 members (excludes halogenated alkanes) is 15. The third-order valence-electron chi connectivity index (χ3n) is 7.20. The second-order valence-corrected chi connectivity index (χ2v) is 9.73. The quantitative estimate of drug-likeness (QED) is 0.108. The van der Waals surface area contributed by atoms with E-state index in [4.69, 9.17) is 0 Å². The van der Waals surface area contributed by atoms with E-state index in [0.717, 1.165) is 13.0 Å². The van der Waals surface area contributed by atoms with E-state index in [1.807, 2.05) is 13.1 Å². The molecular weight excluding hydrogens is 380 g/mol. The zero-order valence-corrected chi connectivity index (χ0v) is 21.3. The number of aliphatic hydroxyl groups excluding tert-OH is 1. The van der Waals surface area contributed by atoms with Crippen LogP contribution in [0.3, 0.4) is 0 Å². The van der Waals surface area contributed by atoms with Crippen molar-refractivity contribution in [1.82, 2.24) is 5.32 Å². The maximum atomic E-state index is 10.2. The number of aliphatic hydroxyl groups is 1. The SMILES string of the molecule is CCCCCCCCCCCC/C=C/CCCCCCCC1NC=C[N+]1(CC)C(C)O. The number of hydrogen-bond donors (Lipinski definition) is 2. The standard InChI is InChI=1S/C28H55N2O/c1-4-6-7-8-9-10-11-12-13-14-15-16-17-18-19-20-21-22-23-24-28-29-25-26-30(28,5-2)27(3)31/h16-17,25-29,31H,4-15,18-24H2,1-3H3/q+1/b17-16+. The second-order valence-electron chi connectivity index (χ2n) is 9.73. The fraction of sp³-hybridized carbons (Fsp3) is 0.857. The first-order chi connectivity index (χ1) is 15.2. The van der Waals surface area contributed by atoms with Crippen molar-refractivity contribution < 1.29 is 9.59 Å². The third kappa shape index (κ3) is 12.1. The lowest BCUT2D eigenvalue weighted by Gasteiger charge is -2.39. The Labute approximate surface area is 195 Å². The molecule has 0 aromatic heterocycles. The Hall–Kier alpha value is -0.800. The Kier molecular flexibility index (Phi) is 17.1. The highest BCUT2D eigenvalue weighted by molar-refractivity contribution is 4.84. The first-order valence-electron chi connectivity index (χ1n) is 13.8. The van der Waals surface area contributed by atoms with Gasteiger partial charge in [0.25, 0.3) is 0 Å². The van der Waals surface area contributed by atoms with Gasteiger partial charge in [0.05, 0.1) is 12.7 Å². The number of nitrogens with one attached hydrogen (secondary N) is 1. The van der Waals surface area contributed by atoms with Gasteiger partial charge in [-0.05, 0) is 39.0 Å². The van der Waals surface area contributed by atoms with Crippen LogP contribution >= 0.6 is 0 Å². The zero-order valence-electron chi connectivity index (χ0n) is 21.3. The topological polar surface area (TPSA) is 32.3 Å². The van der Waals surface area contributed by atoms with E-state index < -0.39 is 0 Å². The average molecular weight is 436 g/mol. The van der Waals surface area contributed by atoms with E-state index in [2.05, 4.69) is 37.5 Å². The molecule has 0 saturated heterocycles. The molecule has 2 N–H and O–H groups in total. The molecule has 0 aromatic rings. The lowest BCUT2D eigenvalue weighted by Crippen LogP contribution is -2.57. The van der Waals surface area contributed by atoms with Crippen molar-refractivity contribution in [1.29, 1.82) is 0 Å². The predicted molar refractivity (Wildman–Crippen MR) is 136 cm³/mol. The molecule has 0 amide bonds. The maximum absolute atomic E-state index is 10.2.